The summed E-state index contributed by atoms with van der Waals surface area (Å²) in [5.41, 5.74) is 0. The van der Waals surface area contributed by atoms with Gasteiger partial charge in [0, 0.05) is 0 Å². The van der Waals surface area contributed by atoms with Crippen LogP contribution in [0.5, 0.6) is 0 Å². The van der Waals surface area contributed by atoms with E-state index in [1.807, 2.05) is 0 Å². The first-order valence-corrected chi connectivity index (χ1v) is 8.76. The Morgan fingerprint density at radius 3 is 0.360 bits per heavy atom. The molecule has 0 amide bonds. The summed E-state index contributed by atoms with van der Waals surface area (Å²) < 4.78 is 34.2. The summed E-state index contributed by atoms with van der Waals surface area (Å²) in [6.07, 6.45) is 0. The Morgan fingerprint density at radius 1 is 0.360 bits per heavy atom. The molecule has 0 atom stereocenters. The molecule has 5 N–H and O–H groups in total. The van der Waals surface area contributed by atoms with E-state index in [-0.39, 0.29) is 74.8 Å². The van der Waals surface area contributed by atoms with Crippen molar-refractivity contribution < 1.29 is 146 Å². The minimum atomic E-state index is -5.39. The molecule has 0 radical (unpaired) electrons. The van der Waals surface area contributed by atoms with Gasteiger partial charge in [-0.3, -0.25) is 0 Å². The molecule has 0 saturated carbocycles. The number of hydrogen-bond donors (Lipinski definition) is 1. The minimum absolute atomic E-state index is 0. The molecule has 18 nitrogen and oxygen atoms in total. The molecule has 25 heavy (non-hydrogen) atoms. The van der Waals surface area contributed by atoms with Crippen molar-refractivity contribution in [3.8, 4) is 0 Å². The molecule has 0 aliphatic carbocycles. The molecule has 25 heteroatoms. The largest absolute Gasteiger partial charge is 4.00 e. The van der Waals surface area contributed by atoms with Gasteiger partial charge in [0.25, 0.3) is 0 Å². The fraction of sp³-hybridized carbons (Fsp3) is 0. The third kappa shape index (κ3) is 2680. The molecule has 150 valence electrons. The van der Waals surface area contributed by atoms with Crippen LogP contribution < -0.4 is 64.9 Å². The van der Waals surface area contributed by atoms with Gasteiger partial charge in [0.05, 0.1) is 0 Å². The zero-order valence-corrected chi connectivity index (χ0v) is 20.4. The van der Waals surface area contributed by atoms with E-state index in [0.29, 0.717) is 0 Å². The first kappa shape index (κ1) is 56.4. The first-order chi connectivity index (χ1) is 8.00. The molecule has 0 aromatic carbocycles. The maximum absolute atomic E-state index is 8.55. The van der Waals surface area contributed by atoms with Crippen LogP contribution in [0.15, 0.2) is 0 Å². The van der Waals surface area contributed by atoms with Crippen LogP contribution in [0.4, 0.5) is 0 Å². The predicted molar refractivity (Wildman–Crippen MR) is 39.1 cm³/mol. The Bertz CT molecular complexity index is 299. The molecule has 0 aromatic rings. The van der Waals surface area contributed by atoms with Gasteiger partial charge in [-0.15, -0.1) is 0 Å². The summed E-state index contributed by atoms with van der Waals surface area (Å²) >= 11 is 0. The van der Waals surface area contributed by atoms with Gasteiger partial charge in [-0.1, -0.05) is 0 Å². The summed E-state index contributed by atoms with van der Waals surface area (Å²) in [6, 6.07) is 0. The smallest absolute Gasteiger partial charge is 0.822 e. The van der Waals surface area contributed by atoms with Gasteiger partial charge in [0.1, 0.15) is 0 Å². The third-order valence-electron chi connectivity index (χ3n) is 0. The molecule has 0 spiro atoms. The summed E-state index contributed by atoms with van der Waals surface area (Å²) in [5.74, 6) is 0. The normalized spacial score (nSPS) is 9.44. The second kappa shape index (κ2) is 24.5. The Kier molecular flexibility index (Phi) is 55.2. The van der Waals surface area contributed by atoms with Crippen molar-refractivity contribution in [1.82, 2.24) is 6.15 Å². The number of hydrogen-bond acceptors (Lipinski definition) is 17. The molecule has 0 rings (SSSR count). The Morgan fingerprint density at radius 2 is 0.360 bits per heavy atom. The number of phosphoric acid groups is 4. The zero-order valence-electron chi connectivity index (χ0n) is 10.8. The van der Waals surface area contributed by atoms with Crippen LogP contribution in [0, 0.1) is 0 Å². The third-order valence-corrected chi connectivity index (χ3v) is 0. The zero-order chi connectivity index (χ0) is 18.0. The second-order valence-electron chi connectivity index (χ2n) is 1.79. The van der Waals surface area contributed by atoms with E-state index in [9.17, 15) is 0 Å². The summed E-state index contributed by atoms with van der Waals surface area (Å²) in [5, 5.41) is 0. The van der Waals surface area contributed by atoms with Crippen molar-refractivity contribution in [2.45, 2.75) is 0 Å². The van der Waals surface area contributed by atoms with Crippen molar-refractivity contribution in [3.63, 3.8) is 0 Å². The standard InChI is InChI=1S/3Mo.H3N.4H3O4P.H2O/c;;;;4*1-5(2,3)4;/h;;;1H3;4*(H3,1,2,3,4);1H2/q3*+4;;;;;;/p-12. The fourth-order valence-corrected chi connectivity index (χ4v) is 0. The Labute approximate surface area is 182 Å². The van der Waals surface area contributed by atoms with Crippen LogP contribution >= 0.6 is 31.3 Å². The van der Waals surface area contributed by atoms with Crippen molar-refractivity contribution in [2.75, 3.05) is 0 Å². The van der Waals surface area contributed by atoms with Gasteiger partial charge in [-0.05, 0) is 0 Å². The minimum Gasteiger partial charge on any atom is -0.822 e. The monoisotopic (exact) mass is 709 g/mol. The van der Waals surface area contributed by atoms with E-state index in [1.165, 1.54) is 0 Å². The van der Waals surface area contributed by atoms with E-state index in [0.717, 1.165) is 0 Å². The topological polar surface area (TPSA) is 412 Å². The van der Waals surface area contributed by atoms with Crippen LogP contribution in [0.3, 0.4) is 0 Å². The molecule has 0 heterocycles. The molecular weight excluding hydrogens is 698 g/mol. The molecule has 0 aliphatic rings. The Hall–Kier alpha value is 2.42. The van der Waals surface area contributed by atoms with Crippen LogP contribution in [0.25, 0.3) is 0 Å². The maximum atomic E-state index is 8.55. The van der Waals surface area contributed by atoms with Gasteiger partial charge in [-0.25, -0.2) is 0 Å². The van der Waals surface area contributed by atoms with E-state index in [1.54, 1.807) is 0 Å². The average molecular weight is 703 g/mol. The molecular formula is H5Mo3NO17P4. The second-order valence-corrected chi connectivity index (χ2v) is 5.37. The maximum Gasteiger partial charge on any atom is 4.00 e. The first-order valence-electron chi connectivity index (χ1n) is 2.92. The molecule has 0 bridgehead atoms. The van der Waals surface area contributed by atoms with Gasteiger partial charge < -0.3 is 88.6 Å². The van der Waals surface area contributed by atoms with Crippen LogP contribution in [-0.4, -0.2) is 5.48 Å². The van der Waals surface area contributed by atoms with Crippen LogP contribution in [0.2, 0.25) is 0 Å². The van der Waals surface area contributed by atoms with Gasteiger partial charge in [-0.2, -0.15) is 31.3 Å². The van der Waals surface area contributed by atoms with E-state index in [2.05, 4.69) is 0 Å². The summed E-state index contributed by atoms with van der Waals surface area (Å²) in [6.45, 7) is 0. The Balaban J connectivity index is -0.0000000183. The van der Waals surface area contributed by atoms with Crippen molar-refractivity contribution >= 4 is 31.3 Å². The molecule has 0 unspecified atom stereocenters. The quantitative estimate of drug-likeness (QED) is 0.181. The van der Waals surface area contributed by atoms with Crippen LogP contribution in [-0.2, 0) is 81.5 Å². The molecule has 0 fully saturated rings. The summed E-state index contributed by atoms with van der Waals surface area (Å²) in [7, 11) is -21.6. The molecule has 0 aliphatic heterocycles. The predicted octanol–water partition coefficient (Wildman–Crippen LogP) is -12.0. The van der Waals surface area contributed by atoms with Crippen molar-refractivity contribution in [3.05, 3.63) is 0 Å². The SMILES string of the molecule is N.O.O=P([O-])([O-])[O-].O=P([O-])([O-])[O-].O=P([O-])([O-])[O-].O=P([O-])([O-])[O-].[Mo+4].[Mo+4].[Mo+4]. The van der Waals surface area contributed by atoms with Gasteiger partial charge in [0.2, 0.25) is 0 Å². The summed E-state index contributed by atoms with van der Waals surface area (Å²) in [4.78, 5) is 103. The van der Waals surface area contributed by atoms with E-state index < -0.39 is 31.3 Å². The number of rotatable bonds is 0. The van der Waals surface area contributed by atoms with Crippen molar-refractivity contribution in [1.29, 1.82) is 0 Å². The van der Waals surface area contributed by atoms with Gasteiger partial charge in [0.15, 0.2) is 0 Å². The molecule has 0 saturated heterocycles. The average Bonchev–Trinajstić information content (AvgIpc) is 1.62. The van der Waals surface area contributed by atoms with Gasteiger partial charge >= 0.3 is 63.2 Å². The van der Waals surface area contributed by atoms with Crippen LogP contribution in [0.1, 0.15) is 0 Å². The fourth-order valence-electron chi connectivity index (χ4n) is 0. The van der Waals surface area contributed by atoms with E-state index in [4.69, 9.17) is 77.0 Å². The molecule has 0 aromatic heterocycles. The van der Waals surface area contributed by atoms with E-state index >= 15 is 0 Å². The van der Waals surface area contributed by atoms with Crippen molar-refractivity contribution in [2.24, 2.45) is 0 Å².